The zero-order valence-corrected chi connectivity index (χ0v) is 11.5. The van der Waals surface area contributed by atoms with E-state index in [1.165, 1.54) is 11.1 Å². The number of ether oxygens (including phenoxy) is 1. The number of fused-ring (bicyclic) bond motifs is 9. The third-order valence-electron chi connectivity index (χ3n) is 4.88. The molecule has 3 aromatic rings. The summed E-state index contributed by atoms with van der Waals surface area (Å²) >= 11 is 0. The molecule has 2 atom stereocenters. The Morgan fingerprint density at radius 2 is 1.14 bits per heavy atom. The molecule has 0 aromatic heterocycles. The fourth-order valence-electron chi connectivity index (χ4n) is 4.02. The monoisotopic (exact) mass is 274 g/mol. The van der Waals surface area contributed by atoms with Gasteiger partial charge < -0.3 is 4.74 Å². The highest BCUT2D eigenvalue weighted by Crippen LogP contribution is 2.53. The maximum absolute atomic E-state index is 12.9. The number of benzene rings is 2. The Kier molecular flexibility index (Phi) is 2.14. The molecule has 21 heavy (non-hydrogen) atoms. The van der Waals surface area contributed by atoms with Crippen molar-refractivity contribution < 1.29 is 4.74 Å². The second-order valence-electron chi connectivity index (χ2n) is 5.94. The summed E-state index contributed by atoms with van der Waals surface area (Å²) in [7, 11) is 0. The van der Waals surface area contributed by atoms with Gasteiger partial charge in [-0.05, 0) is 34.7 Å². The number of hydrogen-bond acceptors (Lipinski definition) is 2. The molecular formula is C19H14O2. The van der Waals surface area contributed by atoms with Crippen molar-refractivity contribution in [2.24, 2.45) is 0 Å². The van der Waals surface area contributed by atoms with Crippen LogP contribution in [0.2, 0.25) is 0 Å². The van der Waals surface area contributed by atoms with Crippen molar-refractivity contribution in [1.82, 2.24) is 0 Å². The molecule has 0 radical (unpaired) electrons. The number of hydrogen-bond donors (Lipinski definition) is 0. The van der Waals surface area contributed by atoms with Gasteiger partial charge in [-0.2, -0.15) is 0 Å². The first-order chi connectivity index (χ1) is 10.3. The van der Waals surface area contributed by atoms with Gasteiger partial charge >= 0.3 is 0 Å². The van der Waals surface area contributed by atoms with Gasteiger partial charge in [-0.15, -0.1) is 0 Å². The molecule has 0 amide bonds. The lowest BCUT2D eigenvalue weighted by molar-refractivity contribution is 0.0725. The van der Waals surface area contributed by atoms with Crippen LogP contribution in [0.3, 0.4) is 0 Å². The fraction of sp³-hybridized carbons (Fsp3) is 0.211. The van der Waals surface area contributed by atoms with Crippen LogP contribution >= 0.6 is 0 Å². The molecule has 2 aliphatic heterocycles. The van der Waals surface area contributed by atoms with Crippen LogP contribution in [0.15, 0.2) is 53.3 Å². The Balaban J connectivity index is 2.16. The molecule has 1 fully saturated rings. The van der Waals surface area contributed by atoms with E-state index in [0.717, 1.165) is 34.4 Å². The van der Waals surface area contributed by atoms with Gasteiger partial charge in [-0.3, -0.25) is 4.79 Å². The fourth-order valence-corrected chi connectivity index (χ4v) is 4.02. The van der Waals surface area contributed by atoms with Gasteiger partial charge in [0, 0.05) is 10.8 Å². The molecule has 2 heterocycles. The van der Waals surface area contributed by atoms with Crippen molar-refractivity contribution in [3.8, 4) is 0 Å². The first-order valence-corrected chi connectivity index (χ1v) is 7.47. The highest BCUT2D eigenvalue weighted by Gasteiger charge is 2.40. The Labute approximate surface area is 122 Å². The highest BCUT2D eigenvalue weighted by atomic mass is 16.5. The molecule has 0 aliphatic carbocycles. The van der Waals surface area contributed by atoms with Crippen LogP contribution in [0.25, 0.3) is 21.5 Å². The molecule has 2 bridgehead atoms. The van der Waals surface area contributed by atoms with Crippen molar-refractivity contribution in [3.63, 3.8) is 0 Å². The Morgan fingerprint density at radius 3 is 1.62 bits per heavy atom. The lowest BCUT2D eigenvalue weighted by Gasteiger charge is -2.11. The Bertz CT molecular complexity index is 883. The maximum Gasteiger partial charge on any atom is 0.194 e. The maximum atomic E-state index is 12.9. The zero-order chi connectivity index (χ0) is 14.0. The first kappa shape index (κ1) is 11.5. The summed E-state index contributed by atoms with van der Waals surface area (Å²) < 4.78 is 6.14. The molecule has 3 aromatic carbocycles. The van der Waals surface area contributed by atoms with Gasteiger partial charge in [0.05, 0.1) is 12.2 Å². The molecule has 0 spiro atoms. The molecule has 5 rings (SSSR count). The third kappa shape index (κ3) is 1.38. The summed E-state index contributed by atoms with van der Waals surface area (Å²) in [5, 5.41) is 3.76. The van der Waals surface area contributed by atoms with Crippen molar-refractivity contribution >= 4 is 21.5 Å². The Morgan fingerprint density at radius 1 is 0.714 bits per heavy atom. The lowest BCUT2D eigenvalue weighted by atomic mass is 9.89. The largest absolute Gasteiger partial charge is 0.366 e. The van der Waals surface area contributed by atoms with Crippen LogP contribution in [-0.2, 0) is 4.74 Å². The van der Waals surface area contributed by atoms with E-state index in [1.54, 1.807) is 0 Å². The van der Waals surface area contributed by atoms with E-state index in [4.69, 9.17) is 4.74 Å². The van der Waals surface area contributed by atoms with E-state index in [9.17, 15) is 4.79 Å². The van der Waals surface area contributed by atoms with Gasteiger partial charge in [-0.25, -0.2) is 0 Å². The normalized spacial score (nSPS) is 22.9. The highest BCUT2D eigenvalue weighted by molar-refractivity contribution is 5.98. The summed E-state index contributed by atoms with van der Waals surface area (Å²) in [4.78, 5) is 12.9. The molecular weight excluding hydrogens is 260 g/mol. The van der Waals surface area contributed by atoms with Gasteiger partial charge in [-0.1, -0.05) is 48.5 Å². The van der Waals surface area contributed by atoms with E-state index >= 15 is 0 Å². The molecule has 2 heteroatoms. The van der Waals surface area contributed by atoms with Crippen LogP contribution in [0.5, 0.6) is 0 Å². The first-order valence-electron chi connectivity index (χ1n) is 7.47. The van der Waals surface area contributed by atoms with Crippen molar-refractivity contribution in [2.45, 2.75) is 25.0 Å². The summed E-state index contributed by atoms with van der Waals surface area (Å²) in [6.45, 7) is 0. The van der Waals surface area contributed by atoms with Gasteiger partial charge in [0.2, 0.25) is 0 Å². The topological polar surface area (TPSA) is 26.3 Å². The second-order valence-corrected chi connectivity index (χ2v) is 5.94. The van der Waals surface area contributed by atoms with Crippen molar-refractivity contribution in [1.29, 1.82) is 0 Å². The van der Waals surface area contributed by atoms with Crippen molar-refractivity contribution in [2.75, 3.05) is 0 Å². The minimum atomic E-state index is 0.134. The minimum Gasteiger partial charge on any atom is -0.366 e. The molecule has 0 saturated carbocycles. The van der Waals surface area contributed by atoms with E-state index in [1.807, 2.05) is 36.4 Å². The predicted octanol–water partition coefficient (Wildman–Crippen LogP) is 4.26. The summed E-state index contributed by atoms with van der Waals surface area (Å²) in [6.07, 6.45) is 2.44. The van der Waals surface area contributed by atoms with E-state index in [0.29, 0.717) is 0 Å². The van der Waals surface area contributed by atoms with Crippen LogP contribution in [0.4, 0.5) is 0 Å². The minimum absolute atomic E-state index is 0.134. The molecule has 1 saturated heterocycles. The quantitative estimate of drug-likeness (QED) is 0.612. The van der Waals surface area contributed by atoms with Gasteiger partial charge in [0.15, 0.2) is 5.43 Å². The van der Waals surface area contributed by atoms with Crippen molar-refractivity contribution in [3.05, 3.63) is 69.9 Å². The standard InChI is InChI=1S/C19H14O2/c20-19-13-7-3-1-5-11(13)17-15-9-10-16(21-15)18(17)12-6-2-4-8-14(12)19/h1-8,15-16H,9-10H2/t15-,16+. The Hall–Kier alpha value is -2.19. The van der Waals surface area contributed by atoms with E-state index < -0.39 is 0 Å². The molecule has 102 valence electrons. The van der Waals surface area contributed by atoms with Crippen LogP contribution in [-0.4, -0.2) is 0 Å². The summed E-state index contributed by atoms with van der Waals surface area (Å²) in [6, 6.07) is 15.9. The average Bonchev–Trinajstić information content (AvgIpc) is 3.12. The number of rotatable bonds is 0. The SMILES string of the molecule is O=c1c2ccccc2c2c(c3ccccc13)[C@H]1CC[C@@H]2O1. The lowest BCUT2D eigenvalue weighted by Crippen LogP contribution is -1.98. The van der Waals surface area contributed by atoms with Crippen LogP contribution < -0.4 is 5.43 Å². The molecule has 0 N–H and O–H groups in total. The van der Waals surface area contributed by atoms with E-state index in [2.05, 4.69) is 12.1 Å². The van der Waals surface area contributed by atoms with Gasteiger partial charge in [0.25, 0.3) is 0 Å². The zero-order valence-electron chi connectivity index (χ0n) is 11.5. The molecule has 2 nitrogen and oxygen atoms in total. The molecule has 0 unspecified atom stereocenters. The van der Waals surface area contributed by atoms with E-state index in [-0.39, 0.29) is 17.6 Å². The summed E-state index contributed by atoms with van der Waals surface area (Å²) in [5.74, 6) is 0. The van der Waals surface area contributed by atoms with Crippen LogP contribution in [0, 0.1) is 0 Å². The molecule has 2 aliphatic rings. The smallest absolute Gasteiger partial charge is 0.194 e. The van der Waals surface area contributed by atoms with Gasteiger partial charge in [0.1, 0.15) is 0 Å². The van der Waals surface area contributed by atoms with Crippen LogP contribution in [0.1, 0.15) is 36.2 Å². The third-order valence-corrected chi connectivity index (χ3v) is 4.88. The summed E-state index contributed by atoms with van der Waals surface area (Å²) in [5.41, 5.74) is 2.63. The second kappa shape index (κ2) is 3.92. The predicted molar refractivity (Wildman–Crippen MR) is 83.5 cm³/mol. The average molecular weight is 274 g/mol.